The summed E-state index contributed by atoms with van der Waals surface area (Å²) in [7, 11) is -1.06. The van der Waals surface area contributed by atoms with Crippen LogP contribution in [-0.2, 0) is 16.6 Å². The number of halogens is 2. The highest BCUT2D eigenvalue weighted by atomic mass is 32.2. The van der Waals surface area contributed by atoms with Crippen LogP contribution >= 0.6 is 11.8 Å². The van der Waals surface area contributed by atoms with Gasteiger partial charge in [0.05, 0.1) is 0 Å². The fraction of sp³-hybridized carbons (Fsp3) is 0.538. The zero-order valence-corrected chi connectivity index (χ0v) is 14.1. The maximum absolute atomic E-state index is 13.9. The number of benzene rings is 1. The lowest BCUT2D eigenvalue weighted by Gasteiger charge is -2.24. The van der Waals surface area contributed by atoms with Gasteiger partial charge in [-0.25, -0.2) is 17.2 Å². The lowest BCUT2D eigenvalue weighted by atomic mass is 10.2. The molecule has 1 N–H and O–H groups in total. The Morgan fingerprint density at radius 1 is 1.38 bits per heavy atom. The number of hydrogen-bond donors (Lipinski definition) is 1. The van der Waals surface area contributed by atoms with Crippen molar-refractivity contribution in [2.45, 2.75) is 24.4 Å². The van der Waals surface area contributed by atoms with Crippen LogP contribution < -0.4 is 5.32 Å². The first-order valence-corrected chi connectivity index (χ1v) is 9.18. The Kier molecular flexibility index (Phi) is 6.58. The summed E-state index contributed by atoms with van der Waals surface area (Å²) in [5.41, 5.74) is 0.376. The van der Waals surface area contributed by atoms with E-state index in [4.69, 9.17) is 0 Å². The topological polar surface area (TPSA) is 49.4 Å². The van der Waals surface area contributed by atoms with Gasteiger partial charge < -0.3 is 5.32 Å². The molecule has 0 spiro atoms. The number of nitrogens with one attached hydrogen (secondary N) is 1. The summed E-state index contributed by atoms with van der Waals surface area (Å²) >= 11 is 1.48. The second-order valence-corrected chi connectivity index (χ2v) is 7.62. The minimum atomic E-state index is -4.08. The van der Waals surface area contributed by atoms with Gasteiger partial charge in [-0.2, -0.15) is 16.1 Å². The summed E-state index contributed by atoms with van der Waals surface area (Å²) in [6, 6.07) is 1.85. The zero-order valence-electron chi connectivity index (χ0n) is 12.5. The summed E-state index contributed by atoms with van der Waals surface area (Å²) in [5.74, 6) is -1.93. The molecule has 0 fully saturated rings. The lowest BCUT2D eigenvalue weighted by molar-refractivity contribution is 0.407. The third kappa shape index (κ3) is 4.15. The SMILES string of the molecule is CNCc1cc(F)c(F)c(S(=O)(=O)N(C)C(C)CSC)c1. The number of nitrogens with zero attached hydrogens (tertiary/aromatic N) is 1. The molecule has 0 aliphatic carbocycles. The van der Waals surface area contributed by atoms with E-state index in [0.717, 1.165) is 10.4 Å². The summed E-state index contributed by atoms with van der Waals surface area (Å²) < 4.78 is 53.5. The Morgan fingerprint density at radius 2 is 2.00 bits per heavy atom. The fourth-order valence-corrected chi connectivity index (χ4v) is 4.13. The third-order valence-corrected chi connectivity index (χ3v) is 5.91. The van der Waals surface area contributed by atoms with Crippen molar-refractivity contribution in [1.82, 2.24) is 9.62 Å². The van der Waals surface area contributed by atoms with E-state index in [0.29, 0.717) is 11.3 Å². The Morgan fingerprint density at radius 3 is 2.52 bits per heavy atom. The molecule has 1 unspecified atom stereocenters. The molecule has 0 amide bonds. The van der Waals surface area contributed by atoms with Crippen molar-refractivity contribution in [1.29, 1.82) is 0 Å². The Bertz CT molecular complexity index is 594. The molecule has 0 radical (unpaired) electrons. The van der Waals surface area contributed by atoms with Gasteiger partial charge in [0.15, 0.2) is 11.6 Å². The van der Waals surface area contributed by atoms with Gasteiger partial charge in [-0.15, -0.1) is 0 Å². The van der Waals surface area contributed by atoms with Gasteiger partial charge in [0.25, 0.3) is 0 Å². The molecule has 0 saturated carbocycles. The monoisotopic (exact) mass is 338 g/mol. The maximum atomic E-state index is 13.9. The molecule has 4 nitrogen and oxygen atoms in total. The van der Waals surface area contributed by atoms with Gasteiger partial charge >= 0.3 is 0 Å². The number of sulfonamides is 1. The van der Waals surface area contributed by atoms with Crippen LogP contribution in [0.3, 0.4) is 0 Å². The van der Waals surface area contributed by atoms with Crippen LogP contribution in [0.15, 0.2) is 17.0 Å². The molecular formula is C13H20F2N2O2S2. The van der Waals surface area contributed by atoms with Crippen LogP contribution in [-0.4, -0.2) is 44.9 Å². The van der Waals surface area contributed by atoms with Crippen molar-refractivity contribution in [3.63, 3.8) is 0 Å². The largest absolute Gasteiger partial charge is 0.316 e. The van der Waals surface area contributed by atoms with Crippen molar-refractivity contribution >= 4 is 21.8 Å². The van der Waals surface area contributed by atoms with Gasteiger partial charge in [-0.1, -0.05) is 0 Å². The van der Waals surface area contributed by atoms with Gasteiger partial charge in [0, 0.05) is 25.4 Å². The second kappa shape index (κ2) is 7.53. The van der Waals surface area contributed by atoms with Gasteiger partial charge in [0.1, 0.15) is 4.90 Å². The van der Waals surface area contributed by atoms with E-state index in [9.17, 15) is 17.2 Å². The Hall–Kier alpha value is -0.700. The van der Waals surface area contributed by atoms with E-state index in [1.165, 1.54) is 24.9 Å². The Balaban J connectivity index is 3.30. The van der Waals surface area contributed by atoms with Crippen LogP contribution in [0.5, 0.6) is 0 Å². The molecule has 1 aromatic carbocycles. The first kappa shape index (κ1) is 18.3. The fourth-order valence-electron chi connectivity index (χ4n) is 1.85. The third-order valence-electron chi connectivity index (χ3n) is 3.12. The molecule has 0 aliphatic rings. The molecule has 0 saturated heterocycles. The molecule has 1 aromatic rings. The minimum Gasteiger partial charge on any atom is -0.316 e. The number of rotatable bonds is 7. The highest BCUT2D eigenvalue weighted by molar-refractivity contribution is 7.98. The molecule has 0 heterocycles. The molecule has 1 rings (SSSR count). The predicted molar refractivity (Wildman–Crippen MR) is 81.9 cm³/mol. The molecule has 120 valence electrons. The van der Waals surface area contributed by atoms with Crippen LogP contribution in [0.1, 0.15) is 12.5 Å². The molecule has 0 bridgehead atoms. The molecule has 1 atom stereocenters. The van der Waals surface area contributed by atoms with E-state index < -0.39 is 26.6 Å². The van der Waals surface area contributed by atoms with E-state index in [-0.39, 0.29) is 12.6 Å². The highest BCUT2D eigenvalue weighted by Gasteiger charge is 2.29. The lowest BCUT2D eigenvalue weighted by Crippen LogP contribution is -2.37. The van der Waals surface area contributed by atoms with Crippen molar-refractivity contribution < 1.29 is 17.2 Å². The molecule has 21 heavy (non-hydrogen) atoms. The van der Waals surface area contributed by atoms with E-state index in [2.05, 4.69) is 5.32 Å². The summed E-state index contributed by atoms with van der Waals surface area (Å²) in [4.78, 5) is -0.622. The van der Waals surface area contributed by atoms with Crippen molar-refractivity contribution in [3.8, 4) is 0 Å². The first-order valence-electron chi connectivity index (χ1n) is 6.35. The smallest absolute Gasteiger partial charge is 0.246 e. The zero-order chi connectivity index (χ0) is 16.2. The van der Waals surface area contributed by atoms with Crippen LogP contribution in [0.25, 0.3) is 0 Å². The predicted octanol–water partition coefficient (Wildman–Crippen LogP) is 2.06. The number of hydrogen-bond acceptors (Lipinski definition) is 4. The molecule has 0 aliphatic heterocycles. The van der Waals surface area contributed by atoms with E-state index in [1.54, 1.807) is 14.0 Å². The normalized spacial score (nSPS) is 13.7. The van der Waals surface area contributed by atoms with E-state index >= 15 is 0 Å². The molecule has 8 heteroatoms. The van der Waals surface area contributed by atoms with E-state index in [1.807, 2.05) is 6.26 Å². The van der Waals surface area contributed by atoms with Crippen LogP contribution in [0.2, 0.25) is 0 Å². The first-order chi connectivity index (χ1) is 9.75. The Labute approximate surface area is 129 Å². The van der Waals surface area contributed by atoms with Crippen LogP contribution in [0, 0.1) is 11.6 Å². The average molecular weight is 338 g/mol. The second-order valence-electron chi connectivity index (χ2n) is 4.75. The average Bonchev–Trinajstić information content (AvgIpc) is 2.42. The summed E-state index contributed by atoms with van der Waals surface area (Å²) in [6.07, 6.45) is 1.85. The van der Waals surface area contributed by atoms with Gasteiger partial charge in [-0.05, 0) is 37.9 Å². The minimum absolute atomic E-state index is 0.254. The van der Waals surface area contributed by atoms with Crippen molar-refractivity contribution in [2.75, 3.05) is 26.1 Å². The number of thioether (sulfide) groups is 1. The summed E-state index contributed by atoms with van der Waals surface area (Å²) in [6.45, 7) is 1.98. The van der Waals surface area contributed by atoms with Crippen molar-refractivity contribution in [3.05, 3.63) is 29.3 Å². The van der Waals surface area contributed by atoms with Gasteiger partial charge in [-0.3, -0.25) is 0 Å². The van der Waals surface area contributed by atoms with Crippen LogP contribution in [0.4, 0.5) is 8.78 Å². The highest BCUT2D eigenvalue weighted by Crippen LogP contribution is 2.24. The van der Waals surface area contributed by atoms with Gasteiger partial charge in [0.2, 0.25) is 10.0 Å². The standard InChI is InChI=1S/C13H20F2N2O2S2/c1-9(8-20-4)17(3)21(18,19)12-6-10(7-16-2)5-11(14)13(12)15/h5-6,9,16H,7-8H2,1-4H3. The molecule has 0 aromatic heterocycles. The van der Waals surface area contributed by atoms with Crippen molar-refractivity contribution in [2.24, 2.45) is 0 Å². The summed E-state index contributed by atoms with van der Waals surface area (Å²) in [5, 5.41) is 2.78. The quantitative estimate of drug-likeness (QED) is 0.827. The molecular weight excluding hydrogens is 318 g/mol. The maximum Gasteiger partial charge on any atom is 0.246 e.